The van der Waals surface area contributed by atoms with Crippen molar-refractivity contribution >= 4 is 16.9 Å². The van der Waals surface area contributed by atoms with Gasteiger partial charge in [0.2, 0.25) is 0 Å². The van der Waals surface area contributed by atoms with Gasteiger partial charge in [0.25, 0.3) is 0 Å². The molecule has 2 N–H and O–H groups in total. The van der Waals surface area contributed by atoms with Crippen molar-refractivity contribution in [3.8, 4) is 0 Å². The minimum atomic E-state index is 0.342. The fraction of sp³-hybridized carbons (Fsp3) is 0.524. The van der Waals surface area contributed by atoms with E-state index in [9.17, 15) is 0 Å². The van der Waals surface area contributed by atoms with Crippen LogP contribution in [0, 0.1) is 5.41 Å². The summed E-state index contributed by atoms with van der Waals surface area (Å²) in [5.41, 5.74) is 2.57. The van der Waals surface area contributed by atoms with Crippen LogP contribution in [0.3, 0.4) is 0 Å². The highest BCUT2D eigenvalue weighted by Gasteiger charge is 2.33. The summed E-state index contributed by atoms with van der Waals surface area (Å²) in [5, 5.41) is 8.15. The number of nitrogens with zero attached hydrogens (tertiary/aromatic N) is 2. The normalized spacial score (nSPS) is 16.8. The van der Waals surface area contributed by atoms with Gasteiger partial charge in [-0.2, -0.15) is 0 Å². The van der Waals surface area contributed by atoms with Crippen LogP contribution in [0.2, 0.25) is 0 Å². The molecule has 2 aromatic rings. The molecule has 140 valence electrons. The van der Waals surface area contributed by atoms with Crippen molar-refractivity contribution in [2.24, 2.45) is 10.4 Å². The molecule has 5 heteroatoms. The number of benzene rings is 1. The molecule has 5 nitrogen and oxygen atoms in total. The third-order valence-corrected chi connectivity index (χ3v) is 5.52. The van der Waals surface area contributed by atoms with Crippen molar-refractivity contribution in [3.63, 3.8) is 0 Å². The maximum atomic E-state index is 5.33. The average molecular weight is 354 g/mol. The van der Waals surface area contributed by atoms with E-state index in [4.69, 9.17) is 4.74 Å². The Morgan fingerprint density at radius 1 is 1.19 bits per heavy atom. The second kappa shape index (κ2) is 8.99. The number of methoxy groups -OCH3 is 1. The molecule has 0 unspecified atom stereocenters. The zero-order chi connectivity index (χ0) is 18.2. The largest absolute Gasteiger partial charge is 0.385 e. The molecule has 0 radical (unpaired) electrons. The van der Waals surface area contributed by atoms with E-state index in [0.29, 0.717) is 12.0 Å². The van der Waals surface area contributed by atoms with Crippen LogP contribution in [0.1, 0.15) is 37.7 Å². The van der Waals surface area contributed by atoms with Gasteiger partial charge in [0.15, 0.2) is 5.96 Å². The molecule has 0 atom stereocenters. The number of para-hydroxylation sites is 1. The van der Waals surface area contributed by atoms with E-state index in [1.807, 2.05) is 19.3 Å². The first-order valence-corrected chi connectivity index (χ1v) is 9.52. The van der Waals surface area contributed by atoms with Gasteiger partial charge in [-0.05, 0) is 36.3 Å². The van der Waals surface area contributed by atoms with Crippen LogP contribution in [-0.2, 0) is 11.3 Å². The Morgan fingerprint density at radius 2 is 2.00 bits per heavy atom. The zero-order valence-electron chi connectivity index (χ0n) is 15.9. The molecule has 26 heavy (non-hydrogen) atoms. The van der Waals surface area contributed by atoms with Crippen molar-refractivity contribution in [1.29, 1.82) is 0 Å². The van der Waals surface area contributed by atoms with Crippen LogP contribution in [0.25, 0.3) is 10.9 Å². The van der Waals surface area contributed by atoms with Gasteiger partial charge < -0.3 is 15.4 Å². The summed E-state index contributed by atoms with van der Waals surface area (Å²) >= 11 is 0. The lowest BCUT2D eigenvalue weighted by atomic mass is 9.83. The second-order valence-electron chi connectivity index (χ2n) is 7.22. The fourth-order valence-corrected chi connectivity index (χ4v) is 3.94. The molecule has 1 saturated carbocycles. The van der Waals surface area contributed by atoms with Crippen molar-refractivity contribution in [2.45, 2.75) is 38.6 Å². The van der Waals surface area contributed by atoms with E-state index in [1.54, 1.807) is 7.11 Å². The molecule has 1 fully saturated rings. The Balaban J connectivity index is 1.59. The lowest BCUT2D eigenvalue weighted by Crippen LogP contribution is -2.43. The van der Waals surface area contributed by atoms with E-state index in [-0.39, 0.29) is 0 Å². The van der Waals surface area contributed by atoms with Crippen LogP contribution in [-0.4, -0.2) is 38.3 Å². The van der Waals surface area contributed by atoms with Gasteiger partial charge in [0, 0.05) is 45.4 Å². The number of rotatable bonds is 7. The standard InChI is InChI=1S/C21H30N4O/c1-22-20(25-16-21(12-14-26-2)10-3-4-11-21)24-15-18-8-5-7-17-9-6-13-23-19(17)18/h5-9,13H,3-4,10-12,14-16H2,1-2H3,(H2,22,24,25). The molecule has 0 saturated heterocycles. The van der Waals surface area contributed by atoms with Gasteiger partial charge in [0.1, 0.15) is 0 Å². The van der Waals surface area contributed by atoms with Gasteiger partial charge in [0.05, 0.1) is 5.52 Å². The van der Waals surface area contributed by atoms with Crippen molar-refractivity contribution in [2.75, 3.05) is 27.3 Å². The van der Waals surface area contributed by atoms with Crippen LogP contribution in [0.5, 0.6) is 0 Å². The summed E-state index contributed by atoms with van der Waals surface area (Å²) in [5.74, 6) is 0.849. The van der Waals surface area contributed by atoms with Gasteiger partial charge >= 0.3 is 0 Å². The quantitative estimate of drug-likeness (QED) is 0.590. The molecule has 1 aromatic heterocycles. The van der Waals surface area contributed by atoms with E-state index < -0.39 is 0 Å². The fourth-order valence-electron chi connectivity index (χ4n) is 3.94. The van der Waals surface area contributed by atoms with Gasteiger partial charge in [-0.1, -0.05) is 37.1 Å². The maximum Gasteiger partial charge on any atom is 0.191 e. The topological polar surface area (TPSA) is 58.5 Å². The number of pyridine rings is 1. The minimum absolute atomic E-state index is 0.342. The summed E-state index contributed by atoms with van der Waals surface area (Å²) < 4.78 is 5.33. The Labute approximate surface area is 156 Å². The van der Waals surface area contributed by atoms with E-state index in [1.165, 1.54) is 36.6 Å². The van der Waals surface area contributed by atoms with Crippen LogP contribution in [0.15, 0.2) is 41.5 Å². The van der Waals surface area contributed by atoms with Crippen LogP contribution >= 0.6 is 0 Å². The molecule has 0 bridgehead atoms. The van der Waals surface area contributed by atoms with E-state index in [2.05, 4.69) is 44.9 Å². The summed E-state index contributed by atoms with van der Waals surface area (Å²) in [7, 11) is 3.61. The molecule has 3 rings (SSSR count). The van der Waals surface area contributed by atoms with Crippen molar-refractivity contribution < 1.29 is 4.74 Å². The SMILES string of the molecule is CN=C(NCc1cccc2cccnc12)NCC1(CCOC)CCCC1. The van der Waals surface area contributed by atoms with Gasteiger partial charge in [-0.25, -0.2) is 0 Å². The molecule has 1 aliphatic carbocycles. The van der Waals surface area contributed by atoms with E-state index in [0.717, 1.165) is 31.0 Å². The number of hydrogen-bond acceptors (Lipinski definition) is 3. The first kappa shape index (κ1) is 18.6. The monoisotopic (exact) mass is 354 g/mol. The molecular formula is C21H30N4O. The van der Waals surface area contributed by atoms with Crippen molar-refractivity contribution in [1.82, 2.24) is 15.6 Å². The summed E-state index contributed by atoms with van der Waals surface area (Å²) in [6, 6.07) is 10.4. The Hall–Kier alpha value is -2.14. The minimum Gasteiger partial charge on any atom is -0.385 e. The lowest BCUT2D eigenvalue weighted by molar-refractivity contribution is 0.138. The number of aromatic nitrogens is 1. The number of aliphatic imine (C=N–C) groups is 1. The Kier molecular flexibility index (Phi) is 6.45. The predicted octanol–water partition coefficient (Wildman–Crippen LogP) is 3.50. The molecule has 0 spiro atoms. The Bertz CT molecular complexity index is 732. The highest BCUT2D eigenvalue weighted by molar-refractivity contribution is 5.83. The molecule has 0 aliphatic heterocycles. The van der Waals surface area contributed by atoms with Crippen LogP contribution < -0.4 is 10.6 Å². The third-order valence-electron chi connectivity index (χ3n) is 5.52. The highest BCUT2D eigenvalue weighted by Crippen LogP contribution is 2.40. The zero-order valence-corrected chi connectivity index (χ0v) is 15.9. The van der Waals surface area contributed by atoms with Gasteiger partial charge in [-0.15, -0.1) is 0 Å². The number of guanidine groups is 1. The number of nitrogens with one attached hydrogen (secondary N) is 2. The van der Waals surface area contributed by atoms with Gasteiger partial charge in [-0.3, -0.25) is 9.98 Å². The summed E-state index contributed by atoms with van der Waals surface area (Å²) in [6.07, 6.45) is 8.14. The predicted molar refractivity (Wildman–Crippen MR) is 107 cm³/mol. The first-order chi connectivity index (χ1) is 12.8. The highest BCUT2D eigenvalue weighted by atomic mass is 16.5. The molecule has 0 amide bonds. The number of ether oxygens (including phenoxy) is 1. The maximum absolute atomic E-state index is 5.33. The second-order valence-corrected chi connectivity index (χ2v) is 7.22. The van der Waals surface area contributed by atoms with Crippen molar-refractivity contribution in [3.05, 3.63) is 42.1 Å². The smallest absolute Gasteiger partial charge is 0.191 e. The average Bonchev–Trinajstić information content (AvgIpc) is 3.16. The third kappa shape index (κ3) is 4.52. The first-order valence-electron chi connectivity index (χ1n) is 9.52. The Morgan fingerprint density at radius 3 is 2.77 bits per heavy atom. The lowest BCUT2D eigenvalue weighted by Gasteiger charge is -2.30. The molecule has 1 aliphatic rings. The molecular weight excluding hydrogens is 324 g/mol. The summed E-state index contributed by atoms with van der Waals surface area (Å²) in [4.78, 5) is 8.92. The van der Waals surface area contributed by atoms with Crippen LogP contribution in [0.4, 0.5) is 0 Å². The number of fused-ring (bicyclic) bond motifs is 1. The molecule has 1 aromatic carbocycles. The summed E-state index contributed by atoms with van der Waals surface area (Å²) in [6.45, 7) is 2.48. The molecule has 1 heterocycles. The van der Waals surface area contributed by atoms with E-state index >= 15 is 0 Å². The number of hydrogen-bond donors (Lipinski definition) is 2.